The molecule has 0 aromatic carbocycles. The molecular formula is C11H23NO2. The zero-order chi connectivity index (χ0) is 10.8. The number of ether oxygens (including phenoxy) is 1. The van der Waals surface area contributed by atoms with Crippen molar-refractivity contribution in [1.29, 1.82) is 0 Å². The van der Waals surface area contributed by atoms with Crippen molar-refractivity contribution in [2.24, 2.45) is 0 Å². The summed E-state index contributed by atoms with van der Waals surface area (Å²) in [5.74, 6) is 0. The quantitative estimate of drug-likeness (QED) is 0.649. The minimum Gasteiger partial charge on any atom is -0.381 e. The monoisotopic (exact) mass is 201 g/mol. The van der Waals surface area contributed by atoms with Gasteiger partial charge in [0.1, 0.15) is 0 Å². The lowest BCUT2D eigenvalue weighted by Gasteiger charge is -2.48. The molecular weight excluding hydrogens is 178 g/mol. The van der Waals surface area contributed by atoms with Gasteiger partial charge in [-0.15, -0.1) is 0 Å². The number of nitrogens with zero attached hydrogens (tertiary/aromatic N) is 1. The van der Waals surface area contributed by atoms with Crippen LogP contribution in [0.3, 0.4) is 0 Å². The van der Waals surface area contributed by atoms with Gasteiger partial charge in [-0.25, -0.2) is 0 Å². The molecule has 14 heavy (non-hydrogen) atoms. The zero-order valence-electron chi connectivity index (χ0n) is 10.1. The highest BCUT2D eigenvalue weighted by atomic mass is 16.7. The molecule has 84 valence electrons. The number of hydroxylamine groups is 2. The third-order valence-corrected chi connectivity index (χ3v) is 3.00. The van der Waals surface area contributed by atoms with Crippen molar-refractivity contribution in [2.45, 2.75) is 51.6 Å². The second-order valence-corrected chi connectivity index (χ2v) is 5.21. The van der Waals surface area contributed by atoms with Crippen LogP contribution in [0.25, 0.3) is 0 Å². The van der Waals surface area contributed by atoms with Gasteiger partial charge in [-0.1, -0.05) is 0 Å². The average Bonchev–Trinajstić information content (AvgIpc) is 2.01. The van der Waals surface area contributed by atoms with Gasteiger partial charge < -0.3 is 9.57 Å². The Balaban J connectivity index is 2.84. The molecule has 0 unspecified atom stereocenters. The highest BCUT2D eigenvalue weighted by Gasteiger charge is 2.39. The Morgan fingerprint density at radius 1 is 1.00 bits per heavy atom. The first-order valence-corrected chi connectivity index (χ1v) is 5.32. The highest BCUT2D eigenvalue weighted by molar-refractivity contribution is 4.88. The van der Waals surface area contributed by atoms with E-state index in [1.54, 1.807) is 7.11 Å². The van der Waals surface area contributed by atoms with E-state index in [1.807, 2.05) is 0 Å². The maximum atomic E-state index is 5.56. The van der Waals surface area contributed by atoms with Gasteiger partial charge in [0.05, 0.1) is 7.11 Å². The molecule has 0 amide bonds. The third kappa shape index (κ3) is 2.47. The van der Waals surface area contributed by atoms with Gasteiger partial charge in [0.2, 0.25) is 0 Å². The van der Waals surface area contributed by atoms with E-state index in [9.17, 15) is 0 Å². The SMILES string of the molecule is CON1C(C)(C)CCOCCC1(C)C. The molecule has 0 aromatic rings. The Morgan fingerprint density at radius 2 is 1.43 bits per heavy atom. The maximum Gasteiger partial charge on any atom is 0.0575 e. The minimum atomic E-state index is 0.0403. The van der Waals surface area contributed by atoms with Crippen molar-refractivity contribution in [3.05, 3.63) is 0 Å². The summed E-state index contributed by atoms with van der Waals surface area (Å²) in [5, 5.41) is 2.11. The molecule has 1 aliphatic rings. The van der Waals surface area contributed by atoms with Crippen molar-refractivity contribution < 1.29 is 9.57 Å². The number of hydrogen-bond acceptors (Lipinski definition) is 3. The van der Waals surface area contributed by atoms with Gasteiger partial charge in [0, 0.05) is 24.3 Å². The average molecular weight is 201 g/mol. The molecule has 0 N–H and O–H groups in total. The molecule has 1 fully saturated rings. The molecule has 0 atom stereocenters. The second-order valence-electron chi connectivity index (χ2n) is 5.21. The fourth-order valence-electron chi connectivity index (χ4n) is 2.26. The first-order valence-electron chi connectivity index (χ1n) is 5.32. The van der Waals surface area contributed by atoms with Gasteiger partial charge in [-0.3, -0.25) is 0 Å². The molecule has 3 heteroatoms. The molecule has 0 radical (unpaired) electrons. The van der Waals surface area contributed by atoms with Crippen LogP contribution in [0.2, 0.25) is 0 Å². The molecule has 0 aromatic heterocycles. The van der Waals surface area contributed by atoms with Gasteiger partial charge in [0.15, 0.2) is 0 Å². The first-order chi connectivity index (χ1) is 6.40. The van der Waals surface area contributed by atoms with E-state index < -0.39 is 0 Å². The van der Waals surface area contributed by atoms with E-state index in [4.69, 9.17) is 9.57 Å². The molecule has 1 rings (SSSR count). The Kier molecular flexibility index (Phi) is 3.56. The van der Waals surface area contributed by atoms with Gasteiger partial charge in [0.25, 0.3) is 0 Å². The van der Waals surface area contributed by atoms with Crippen LogP contribution >= 0.6 is 0 Å². The molecule has 1 saturated heterocycles. The fourth-order valence-corrected chi connectivity index (χ4v) is 2.26. The van der Waals surface area contributed by atoms with Crippen LogP contribution in [0.5, 0.6) is 0 Å². The summed E-state index contributed by atoms with van der Waals surface area (Å²) in [6.07, 6.45) is 2.01. The van der Waals surface area contributed by atoms with Crippen molar-refractivity contribution in [2.75, 3.05) is 20.3 Å². The topological polar surface area (TPSA) is 21.7 Å². The van der Waals surface area contributed by atoms with Crippen molar-refractivity contribution >= 4 is 0 Å². The molecule has 0 saturated carbocycles. The lowest BCUT2D eigenvalue weighted by atomic mass is 9.91. The molecule has 0 spiro atoms. The molecule has 0 aliphatic carbocycles. The first kappa shape index (κ1) is 12.0. The van der Waals surface area contributed by atoms with E-state index in [-0.39, 0.29) is 11.1 Å². The summed E-state index contributed by atoms with van der Waals surface area (Å²) in [6.45, 7) is 10.4. The molecule has 0 bridgehead atoms. The standard InChI is InChI=1S/C11H23NO2/c1-10(2)6-8-14-9-7-11(3,4)12(10)13-5/h6-9H2,1-5H3. The summed E-state index contributed by atoms with van der Waals surface area (Å²) in [6, 6.07) is 0. The lowest BCUT2D eigenvalue weighted by Crippen LogP contribution is -2.56. The zero-order valence-corrected chi connectivity index (χ0v) is 10.1. The summed E-state index contributed by atoms with van der Waals surface area (Å²) >= 11 is 0. The van der Waals surface area contributed by atoms with Crippen molar-refractivity contribution in [3.8, 4) is 0 Å². The Bertz CT molecular complexity index is 172. The molecule has 3 nitrogen and oxygen atoms in total. The Labute approximate surface area is 87.3 Å². The van der Waals surface area contributed by atoms with Crippen molar-refractivity contribution in [1.82, 2.24) is 5.06 Å². The van der Waals surface area contributed by atoms with Crippen LogP contribution in [0.15, 0.2) is 0 Å². The van der Waals surface area contributed by atoms with Crippen LogP contribution in [-0.2, 0) is 9.57 Å². The normalized spacial score (nSPS) is 28.1. The van der Waals surface area contributed by atoms with E-state index in [0.717, 1.165) is 26.1 Å². The maximum absolute atomic E-state index is 5.56. The second kappa shape index (κ2) is 4.17. The highest BCUT2D eigenvalue weighted by Crippen LogP contribution is 2.31. The van der Waals surface area contributed by atoms with Crippen molar-refractivity contribution in [3.63, 3.8) is 0 Å². The van der Waals surface area contributed by atoms with Crippen LogP contribution in [0, 0.1) is 0 Å². The molecule has 1 aliphatic heterocycles. The summed E-state index contributed by atoms with van der Waals surface area (Å²) in [5.41, 5.74) is 0.0807. The van der Waals surface area contributed by atoms with Gasteiger partial charge >= 0.3 is 0 Å². The number of rotatable bonds is 1. The van der Waals surface area contributed by atoms with Crippen LogP contribution in [-0.4, -0.2) is 36.5 Å². The van der Waals surface area contributed by atoms with Crippen LogP contribution < -0.4 is 0 Å². The fraction of sp³-hybridized carbons (Fsp3) is 1.00. The van der Waals surface area contributed by atoms with Crippen LogP contribution in [0.4, 0.5) is 0 Å². The van der Waals surface area contributed by atoms with E-state index in [1.165, 1.54) is 0 Å². The predicted octanol–water partition coefficient (Wildman–Crippen LogP) is 2.22. The Morgan fingerprint density at radius 3 is 1.79 bits per heavy atom. The number of hydrogen-bond donors (Lipinski definition) is 0. The predicted molar refractivity (Wildman–Crippen MR) is 57.1 cm³/mol. The van der Waals surface area contributed by atoms with Gasteiger partial charge in [-0.05, 0) is 40.5 Å². The third-order valence-electron chi connectivity index (χ3n) is 3.00. The van der Waals surface area contributed by atoms with E-state index in [2.05, 4.69) is 32.8 Å². The summed E-state index contributed by atoms with van der Waals surface area (Å²) in [7, 11) is 1.76. The largest absolute Gasteiger partial charge is 0.381 e. The summed E-state index contributed by atoms with van der Waals surface area (Å²) in [4.78, 5) is 5.54. The Hall–Kier alpha value is -0.120. The molecule has 1 heterocycles. The van der Waals surface area contributed by atoms with Gasteiger partial charge in [-0.2, -0.15) is 5.06 Å². The minimum absolute atomic E-state index is 0.0403. The van der Waals surface area contributed by atoms with E-state index in [0.29, 0.717) is 0 Å². The smallest absolute Gasteiger partial charge is 0.0575 e. The van der Waals surface area contributed by atoms with E-state index >= 15 is 0 Å². The lowest BCUT2D eigenvalue weighted by molar-refractivity contribution is -0.260. The summed E-state index contributed by atoms with van der Waals surface area (Å²) < 4.78 is 5.56. The van der Waals surface area contributed by atoms with Crippen LogP contribution in [0.1, 0.15) is 40.5 Å².